The molecule has 1 aliphatic rings. The van der Waals surface area contributed by atoms with E-state index in [1.165, 1.54) is 32.4 Å². The molecule has 1 atom stereocenters. The third-order valence-electron chi connectivity index (χ3n) is 5.21. The van der Waals surface area contributed by atoms with Gasteiger partial charge in [-0.25, -0.2) is 4.79 Å². The minimum atomic E-state index is -0.120. The van der Waals surface area contributed by atoms with Crippen LogP contribution in [0.3, 0.4) is 0 Å². The number of nitrogens with zero attached hydrogens (tertiary/aromatic N) is 3. The highest BCUT2D eigenvalue weighted by Gasteiger charge is 2.16. The van der Waals surface area contributed by atoms with Crippen molar-refractivity contribution in [3.8, 4) is 0 Å². The average molecular weight is 358 g/mol. The van der Waals surface area contributed by atoms with Gasteiger partial charge in [0.15, 0.2) is 0 Å². The van der Waals surface area contributed by atoms with Crippen LogP contribution in [-0.2, 0) is 17.9 Å². The minimum absolute atomic E-state index is 0.0722. The van der Waals surface area contributed by atoms with Crippen LogP contribution in [0.4, 0.5) is 0 Å². The van der Waals surface area contributed by atoms with Crippen molar-refractivity contribution in [3.63, 3.8) is 0 Å². The highest BCUT2D eigenvalue weighted by Crippen LogP contribution is 2.13. The van der Waals surface area contributed by atoms with Crippen LogP contribution in [0.25, 0.3) is 11.0 Å². The molecule has 1 aromatic heterocycles. The molecule has 0 aliphatic carbocycles. The predicted octanol–water partition coefficient (Wildman–Crippen LogP) is 2.06. The average Bonchev–Trinajstić information content (AvgIpc) is 2.92. The number of para-hydroxylation sites is 2. The summed E-state index contributed by atoms with van der Waals surface area (Å²) in [5, 5.41) is 3.01. The summed E-state index contributed by atoms with van der Waals surface area (Å²) in [4.78, 5) is 27.5. The van der Waals surface area contributed by atoms with E-state index < -0.39 is 0 Å². The topological polar surface area (TPSA) is 59.3 Å². The molecule has 1 aromatic carbocycles. The monoisotopic (exact) mass is 358 g/mol. The number of aryl methyl sites for hydroxylation is 1. The van der Waals surface area contributed by atoms with Gasteiger partial charge in [0.1, 0.15) is 6.54 Å². The van der Waals surface area contributed by atoms with Crippen LogP contribution < -0.4 is 11.0 Å². The van der Waals surface area contributed by atoms with Gasteiger partial charge in [0.2, 0.25) is 5.91 Å². The normalized spacial score (nSPS) is 16.7. The summed E-state index contributed by atoms with van der Waals surface area (Å²) in [7, 11) is 0. The second-order valence-corrected chi connectivity index (χ2v) is 7.37. The Morgan fingerprint density at radius 3 is 2.42 bits per heavy atom. The van der Waals surface area contributed by atoms with E-state index in [2.05, 4.69) is 17.1 Å². The van der Waals surface area contributed by atoms with E-state index in [0.29, 0.717) is 19.0 Å². The van der Waals surface area contributed by atoms with Crippen molar-refractivity contribution in [2.24, 2.45) is 5.92 Å². The van der Waals surface area contributed by atoms with E-state index in [1.54, 1.807) is 9.13 Å². The summed E-state index contributed by atoms with van der Waals surface area (Å²) in [6.45, 7) is 8.80. The van der Waals surface area contributed by atoms with E-state index in [1.807, 2.05) is 31.2 Å². The van der Waals surface area contributed by atoms with Gasteiger partial charge in [-0.1, -0.05) is 25.5 Å². The van der Waals surface area contributed by atoms with Gasteiger partial charge in [-0.3, -0.25) is 13.9 Å². The first-order valence-electron chi connectivity index (χ1n) is 9.77. The molecule has 26 heavy (non-hydrogen) atoms. The molecule has 1 unspecified atom stereocenters. The first kappa shape index (κ1) is 18.7. The fraction of sp³-hybridized carbons (Fsp3) is 0.600. The molecule has 0 bridgehead atoms. The van der Waals surface area contributed by atoms with Gasteiger partial charge in [0.25, 0.3) is 0 Å². The van der Waals surface area contributed by atoms with Crippen molar-refractivity contribution in [3.05, 3.63) is 34.7 Å². The third kappa shape index (κ3) is 4.18. The molecule has 0 radical (unpaired) electrons. The lowest BCUT2D eigenvalue weighted by Crippen LogP contribution is -2.39. The largest absolute Gasteiger partial charge is 0.354 e. The Balaban J connectivity index is 1.59. The quantitative estimate of drug-likeness (QED) is 0.824. The molecular formula is C20H30N4O2. The number of likely N-dealkylation sites (tertiary alicyclic amines) is 1. The summed E-state index contributed by atoms with van der Waals surface area (Å²) in [5.41, 5.74) is 1.58. The van der Waals surface area contributed by atoms with Crippen LogP contribution >= 0.6 is 0 Å². The summed E-state index contributed by atoms with van der Waals surface area (Å²) >= 11 is 0. The standard InChI is InChI=1S/C20H30N4O2/c1-3-23-17-9-5-6-10-18(17)24(20(23)26)15-19(25)21-13-16(2)14-22-11-7-4-8-12-22/h5-6,9-10,16H,3-4,7-8,11-15H2,1-2H3,(H,21,25). The number of fused-ring (bicyclic) bond motifs is 1. The molecule has 1 aliphatic heterocycles. The fourth-order valence-corrected chi connectivity index (χ4v) is 3.87. The molecule has 2 aromatic rings. The number of amides is 1. The molecule has 1 saturated heterocycles. The van der Waals surface area contributed by atoms with Crippen LogP contribution in [0.2, 0.25) is 0 Å². The smallest absolute Gasteiger partial charge is 0.329 e. The molecule has 6 heteroatoms. The maximum atomic E-state index is 12.6. The number of carbonyl (C=O) groups excluding carboxylic acids is 1. The number of imidazole rings is 1. The van der Waals surface area contributed by atoms with Gasteiger partial charge in [-0.05, 0) is 50.9 Å². The Kier molecular flexibility index (Phi) is 6.14. The lowest BCUT2D eigenvalue weighted by molar-refractivity contribution is -0.121. The predicted molar refractivity (Wildman–Crippen MR) is 104 cm³/mol. The number of hydrogen-bond donors (Lipinski definition) is 1. The van der Waals surface area contributed by atoms with Crippen LogP contribution in [-0.4, -0.2) is 46.1 Å². The molecule has 1 N–H and O–H groups in total. The van der Waals surface area contributed by atoms with Gasteiger partial charge in [0, 0.05) is 19.6 Å². The lowest BCUT2D eigenvalue weighted by atomic mass is 10.1. The molecule has 1 amide bonds. The summed E-state index contributed by atoms with van der Waals surface area (Å²) in [6, 6.07) is 7.64. The molecule has 6 nitrogen and oxygen atoms in total. The van der Waals surface area contributed by atoms with Crippen molar-refractivity contribution in [1.29, 1.82) is 0 Å². The molecule has 2 heterocycles. The van der Waals surface area contributed by atoms with Crippen molar-refractivity contribution in [2.75, 3.05) is 26.2 Å². The zero-order chi connectivity index (χ0) is 18.5. The SMILES string of the molecule is CCn1c(=O)n(CC(=O)NCC(C)CN2CCCCC2)c2ccccc21. The zero-order valence-electron chi connectivity index (χ0n) is 15.9. The number of hydrogen-bond acceptors (Lipinski definition) is 3. The van der Waals surface area contributed by atoms with Crippen molar-refractivity contribution in [1.82, 2.24) is 19.4 Å². The van der Waals surface area contributed by atoms with Gasteiger partial charge in [0.05, 0.1) is 11.0 Å². The summed E-state index contributed by atoms with van der Waals surface area (Å²) < 4.78 is 3.28. The fourth-order valence-electron chi connectivity index (χ4n) is 3.87. The number of nitrogens with one attached hydrogen (secondary N) is 1. The van der Waals surface area contributed by atoms with Crippen molar-refractivity contribution in [2.45, 2.75) is 46.2 Å². The van der Waals surface area contributed by atoms with Gasteiger partial charge in [-0.15, -0.1) is 0 Å². The molecule has 3 rings (SSSR count). The van der Waals surface area contributed by atoms with E-state index in [4.69, 9.17) is 0 Å². The van der Waals surface area contributed by atoms with E-state index in [0.717, 1.165) is 17.6 Å². The zero-order valence-corrected chi connectivity index (χ0v) is 15.9. The number of benzene rings is 1. The number of aromatic nitrogens is 2. The number of piperidine rings is 1. The third-order valence-corrected chi connectivity index (χ3v) is 5.21. The maximum absolute atomic E-state index is 12.6. The first-order valence-corrected chi connectivity index (χ1v) is 9.77. The first-order chi connectivity index (χ1) is 12.6. The summed E-state index contributed by atoms with van der Waals surface area (Å²) in [5.74, 6) is 0.308. The molecule has 0 spiro atoms. The maximum Gasteiger partial charge on any atom is 0.329 e. The molecule has 0 saturated carbocycles. The van der Waals surface area contributed by atoms with Crippen LogP contribution in [0.5, 0.6) is 0 Å². The minimum Gasteiger partial charge on any atom is -0.354 e. The Bertz CT molecular complexity index is 802. The Labute approximate surface area is 154 Å². The number of rotatable bonds is 7. The lowest BCUT2D eigenvalue weighted by Gasteiger charge is -2.29. The van der Waals surface area contributed by atoms with Gasteiger partial charge >= 0.3 is 5.69 Å². The van der Waals surface area contributed by atoms with Crippen LogP contribution in [0.15, 0.2) is 29.1 Å². The van der Waals surface area contributed by atoms with E-state index in [9.17, 15) is 9.59 Å². The molecule has 1 fully saturated rings. The van der Waals surface area contributed by atoms with Gasteiger partial charge in [-0.2, -0.15) is 0 Å². The second kappa shape index (κ2) is 8.54. The highest BCUT2D eigenvalue weighted by molar-refractivity contribution is 5.80. The Morgan fingerprint density at radius 2 is 1.77 bits per heavy atom. The summed E-state index contributed by atoms with van der Waals surface area (Å²) in [6.07, 6.45) is 3.90. The van der Waals surface area contributed by atoms with E-state index >= 15 is 0 Å². The van der Waals surface area contributed by atoms with Crippen LogP contribution in [0, 0.1) is 5.92 Å². The van der Waals surface area contributed by atoms with E-state index in [-0.39, 0.29) is 18.1 Å². The molecular weight excluding hydrogens is 328 g/mol. The Hall–Kier alpha value is -2.08. The van der Waals surface area contributed by atoms with Gasteiger partial charge < -0.3 is 10.2 Å². The Morgan fingerprint density at radius 1 is 1.12 bits per heavy atom. The van der Waals surface area contributed by atoms with Crippen molar-refractivity contribution < 1.29 is 4.79 Å². The van der Waals surface area contributed by atoms with Crippen molar-refractivity contribution >= 4 is 16.9 Å². The van der Waals surface area contributed by atoms with Crippen LogP contribution in [0.1, 0.15) is 33.1 Å². The highest BCUT2D eigenvalue weighted by atomic mass is 16.2. The number of carbonyl (C=O) groups is 1. The second-order valence-electron chi connectivity index (χ2n) is 7.37. The molecule has 142 valence electrons.